The molecule has 1 unspecified atom stereocenters. The van der Waals surface area contributed by atoms with Crippen molar-refractivity contribution in [2.24, 2.45) is 5.92 Å². The summed E-state index contributed by atoms with van der Waals surface area (Å²) in [6.45, 7) is 3.79. The second-order valence-corrected chi connectivity index (χ2v) is 4.48. The van der Waals surface area contributed by atoms with E-state index in [9.17, 15) is 4.79 Å². The molecule has 1 heterocycles. The Morgan fingerprint density at radius 3 is 2.87 bits per heavy atom. The number of furan rings is 1. The Morgan fingerprint density at radius 1 is 1.60 bits per heavy atom. The molecule has 15 heavy (non-hydrogen) atoms. The molecule has 0 aliphatic rings. The normalized spacial score (nSPS) is 12.5. The molecule has 0 aromatic carbocycles. The van der Waals surface area contributed by atoms with Crippen molar-refractivity contribution in [1.29, 1.82) is 0 Å². The van der Waals surface area contributed by atoms with Crippen molar-refractivity contribution >= 4 is 17.7 Å². The van der Waals surface area contributed by atoms with Crippen molar-refractivity contribution in [1.82, 2.24) is 0 Å². The number of methoxy groups -OCH3 is 1. The van der Waals surface area contributed by atoms with Gasteiger partial charge in [0.05, 0.1) is 18.8 Å². The van der Waals surface area contributed by atoms with Gasteiger partial charge in [-0.15, -0.1) is 0 Å². The number of thioether (sulfide) groups is 1. The van der Waals surface area contributed by atoms with Crippen molar-refractivity contribution in [2.45, 2.75) is 19.6 Å². The summed E-state index contributed by atoms with van der Waals surface area (Å²) in [5.41, 5.74) is 0. The highest BCUT2D eigenvalue weighted by atomic mass is 32.2. The molecule has 84 valence electrons. The Balaban J connectivity index is 2.24. The molecule has 0 saturated carbocycles. The molecule has 0 bridgehead atoms. The van der Waals surface area contributed by atoms with E-state index < -0.39 is 0 Å². The Kier molecular flexibility index (Phi) is 4.75. The number of carbonyl (C=O) groups is 1. The molecular weight excluding hydrogens is 212 g/mol. The molecule has 0 spiro atoms. The highest BCUT2D eigenvalue weighted by molar-refractivity contribution is 7.98. The number of carbonyl (C=O) groups excluding carboxylic acids is 1. The fourth-order valence-electron chi connectivity index (χ4n) is 1.17. The molecule has 1 rings (SSSR count). The predicted molar refractivity (Wildman–Crippen MR) is 60.8 cm³/mol. The lowest BCUT2D eigenvalue weighted by Gasteiger charge is -2.07. The summed E-state index contributed by atoms with van der Waals surface area (Å²) in [6, 6.07) is 3.91. The van der Waals surface area contributed by atoms with Crippen LogP contribution in [-0.4, -0.2) is 18.8 Å². The van der Waals surface area contributed by atoms with Crippen LogP contribution in [0.25, 0.3) is 0 Å². The van der Waals surface area contributed by atoms with Crippen LogP contribution in [-0.2, 0) is 15.3 Å². The van der Waals surface area contributed by atoms with Gasteiger partial charge in [-0.25, -0.2) is 0 Å². The van der Waals surface area contributed by atoms with E-state index >= 15 is 0 Å². The summed E-state index contributed by atoms with van der Waals surface area (Å²) in [6.07, 6.45) is 0. The summed E-state index contributed by atoms with van der Waals surface area (Å²) in [4.78, 5) is 11.1. The summed E-state index contributed by atoms with van der Waals surface area (Å²) >= 11 is 1.68. The molecule has 1 aromatic rings. The molecule has 0 radical (unpaired) electrons. The summed E-state index contributed by atoms with van der Waals surface area (Å²) in [7, 11) is 1.42. The lowest BCUT2D eigenvalue weighted by molar-refractivity contribution is -0.143. The van der Waals surface area contributed by atoms with E-state index in [1.54, 1.807) is 11.8 Å². The van der Waals surface area contributed by atoms with Gasteiger partial charge in [-0.2, -0.15) is 11.8 Å². The zero-order valence-corrected chi connectivity index (χ0v) is 10.1. The lowest BCUT2D eigenvalue weighted by atomic mass is 10.2. The average Bonchev–Trinajstić information content (AvgIpc) is 2.63. The Bertz CT molecular complexity index is 319. The number of hydrogen-bond acceptors (Lipinski definition) is 4. The van der Waals surface area contributed by atoms with Gasteiger partial charge in [0, 0.05) is 5.75 Å². The second-order valence-electron chi connectivity index (χ2n) is 3.45. The van der Waals surface area contributed by atoms with E-state index in [1.807, 2.05) is 26.0 Å². The van der Waals surface area contributed by atoms with Crippen molar-refractivity contribution in [3.05, 3.63) is 23.7 Å². The van der Waals surface area contributed by atoms with Crippen LogP contribution in [0.2, 0.25) is 0 Å². The molecule has 3 nitrogen and oxygen atoms in total. The van der Waals surface area contributed by atoms with E-state index in [2.05, 4.69) is 4.74 Å². The first-order valence-electron chi connectivity index (χ1n) is 4.84. The summed E-state index contributed by atoms with van der Waals surface area (Å²) in [5, 5.41) is 0. The minimum Gasteiger partial charge on any atom is -0.469 e. The van der Waals surface area contributed by atoms with Gasteiger partial charge < -0.3 is 9.15 Å². The Morgan fingerprint density at radius 2 is 2.33 bits per heavy atom. The maximum Gasteiger partial charge on any atom is 0.309 e. The van der Waals surface area contributed by atoms with Crippen LogP contribution < -0.4 is 0 Å². The Hall–Kier alpha value is -0.900. The molecule has 0 aliphatic carbocycles. The fourth-order valence-corrected chi connectivity index (χ4v) is 2.13. The topological polar surface area (TPSA) is 39.4 Å². The summed E-state index contributed by atoms with van der Waals surface area (Å²) < 4.78 is 10.1. The van der Waals surface area contributed by atoms with E-state index in [0.717, 1.165) is 23.0 Å². The van der Waals surface area contributed by atoms with Gasteiger partial charge >= 0.3 is 5.97 Å². The maximum atomic E-state index is 11.1. The number of aryl methyl sites for hydroxylation is 1. The fraction of sp³-hybridized carbons (Fsp3) is 0.545. The Labute approximate surface area is 94.2 Å². The van der Waals surface area contributed by atoms with Crippen molar-refractivity contribution < 1.29 is 13.9 Å². The molecule has 0 saturated heterocycles. The third kappa shape index (κ3) is 4.00. The molecule has 0 fully saturated rings. The number of esters is 1. The highest BCUT2D eigenvalue weighted by Gasteiger charge is 2.12. The van der Waals surface area contributed by atoms with Gasteiger partial charge in [-0.1, -0.05) is 6.92 Å². The van der Waals surface area contributed by atoms with Crippen LogP contribution in [0.5, 0.6) is 0 Å². The van der Waals surface area contributed by atoms with Gasteiger partial charge in [-0.05, 0) is 19.1 Å². The van der Waals surface area contributed by atoms with Crippen molar-refractivity contribution in [2.75, 3.05) is 12.9 Å². The zero-order valence-electron chi connectivity index (χ0n) is 9.28. The second kappa shape index (κ2) is 5.85. The van der Waals surface area contributed by atoms with Gasteiger partial charge in [-0.3, -0.25) is 4.79 Å². The third-order valence-corrected chi connectivity index (χ3v) is 3.24. The largest absolute Gasteiger partial charge is 0.469 e. The molecule has 0 amide bonds. The zero-order chi connectivity index (χ0) is 11.3. The number of ether oxygens (including phenoxy) is 1. The first-order valence-corrected chi connectivity index (χ1v) is 6.00. The first-order chi connectivity index (χ1) is 7.13. The predicted octanol–water partition coefficient (Wildman–Crippen LogP) is 2.63. The van der Waals surface area contributed by atoms with Crippen LogP contribution in [0.15, 0.2) is 16.5 Å². The van der Waals surface area contributed by atoms with Gasteiger partial charge in [0.2, 0.25) is 0 Å². The number of rotatable bonds is 5. The molecular formula is C11H16O3S. The number of hydrogen-bond donors (Lipinski definition) is 0. The molecule has 0 N–H and O–H groups in total. The molecule has 1 atom stereocenters. The van der Waals surface area contributed by atoms with E-state index in [-0.39, 0.29) is 11.9 Å². The monoisotopic (exact) mass is 228 g/mol. The van der Waals surface area contributed by atoms with Crippen molar-refractivity contribution in [3.8, 4) is 0 Å². The van der Waals surface area contributed by atoms with E-state index in [0.29, 0.717) is 0 Å². The minimum atomic E-state index is -0.155. The van der Waals surface area contributed by atoms with Crippen LogP contribution in [0.1, 0.15) is 18.4 Å². The quantitative estimate of drug-likeness (QED) is 0.726. The SMILES string of the molecule is COC(=O)C(C)CSCc1ccc(C)o1. The lowest BCUT2D eigenvalue weighted by Crippen LogP contribution is -2.14. The van der Waals surface area contributed by atoms with Crippen molar-refractivity contribution in [3.63, 3.8) is 0 Å². The van der Waals surface area contributed by atoms with Crippen LogP contribution in [0.3, 0.4) is 0 Å². The van der Waals surface area contributed by atoms with E-state index in [4.69, 9.17) is 4.42 Å². The summed E-state index contributed by atoms with van der Waals surface area (Å²) in [5.74, 6) is 3.22. The first kappa shape index (κ1) is 12.2. The van der Waals surface area contributed by atoms with E-state index in [1.165, 1.54) is 7.11 Å². The van der Waals surface area contributed by atoms with Gasteiger partial charge in [0.1, 0.15) is 11.5 Å². The minimum absolute atomic E-state index is 0.0592. The third-order valence-electron chi connectivity index (χ3n) is 2.01. The van der Waals surface area contributed by atoms with Crippen LogP contribution in [0.4, 0.5) is 0 Å². The van der Waals surface area contributed by atoms with Gasteiger partial charge in [0.25, 0.3) is 0 Å². The van der Waals surface area contributed by atoms with Crippen LogP contribution >= 0.6 is 11.8 Å². The smallest absolute Gasteiger partial charge is 0.309 e. The van der Waals surface area contributed by atoms with Gasteiger partial charge in [0.15, 0.2) is 0 Å². The molecule has 4 heteroatoms. The molecule has 0 aliphatic heterocycles. The average molecular weight is 228 g/mol. The standard InChI is InChI=1S/C11H16O3S/c1-8(11(12)13-3)6-15-7-10-5-4-9(2)14-10/h4-5,8H,6-7H2,1-3H3. The van der Waals surface area contributed by atoms with Crippen LogP contribution in [0, 0.1) is 12.8 Å². The molecule has 1 aromatic heterocycles. The highest BCUT2D eigenvalue weighted by Crippen LogP contribution is 2.17. The maximum absolute atomic E-state index is 11.1.